The van der Waals surface area contributed by atoms with Crippen molar-refractivity contribution in [3.63, 3.8) is 0 Å². The van der Waals surface area contributed by atoms with Gasteiger partial charge >= 0.3 is 0 Å². The lowest BCUT2D eigenvalue weighted by molar-refractivity contribution is 0.102. The number of anilines is 1. The fourth-order valence-electron chi connectivity index (χ4n) is 2.37. The Morgan fingerprint density at radius 3 is 2.76 bits per heavy atom. The van der Waals surface area contributed by atoms with Gasteiger partial charge in [0.05, 0.1) is 5.56 Å². The van der Waals surface area contributed by atoms with Crippen LogP contribution in [-0.4, -0.2) is 17.2 Å². The van der Waals surface area contributed by atoms with E-state index in [4.69, 9.17) is 0 Å². The first-order valence-electron chi connectivity index (χ1n) is 6.63. The van der Waals surface area contributed by atoms with Crippen molar-refractivity contribution in [2.75, 3.05) is 5.32 Å². The van der Waals surface area contributed by atoms with E-state index < -0.39 is 0 Å². The minimum atomic E-state index is -0.196. The Labute approximate surface area is 121 Å². The van der Waals surface area contributed by atoms with E-state index in [1.165, 1.54) is 0 Å². The summed E-state index contributed by atoms with van der Waals surface area (Å²) in [5, 5.41) is 3.74. The van der Waals surface area contributed by atoms with Crippen molar-refractivity contribution in [3.05, 3.63) is 65.4 Å². The molecular formula is C17H14N2O2. The number of carbonyl (C=O) groups is 2. The highest BCUT2D eigenvalue weighted by atomic mass is 16.1. The Balaban J connectivity index is 1.95. The molecule has 2 aromatic carbocycles. The Hall–Kier alpha value is -2.88. The maximum Gasteiger partial charge on any atom is 0.257 e. The van der Waals surface area contributed by atoms with Crippen molar-refractivity contribution in [1.82, 2.24) is 4.98 Å². The molecule has 0 radical (unpaired) electrons. The minimum Gasteiger partial charge on any atom is -0.360 e. The van der Waals surface area contributed by atoms with Crippen LogP contribution < -0.4 is 5.32 Å². The highest BCUT2D eigenvalue weighted by molar-refractivity contribution is 6.13. The SMILES string of the molecule is Cc1c(C=O)cccc1NC(=O)c1c[nH]c2ccccc12. The van der Waals surface area contributed by atoms with Gasteiger partial charge in [-0.2, -0.15) is 0 Å². The number of aldehydes is 1. The van der Waals surface area contributed by atoms with Crippen molar-refractivity contribution in [2.24, 2.45) is 0 Å². The predicted molar refractivity (Wildman–Crippen MR) is 82.8 cm³/mol. The quantitative estimate of drug-likeness (QED) is 0.720. The average Bonchev–Trinajstić information content (AvgIpc) is 2.93. The topological polar surface area (TPSA) is 62.0 Å². The first-order valence-corrected chi connectivity index (χ1v) is 6.63. The molecule has 0 saturated heterocycles. The summed E-state index contributed by atoms with van der Waals surface area (Å²) in [6.07, 6.45) is 2.48. The average molecular weight is 278 g/mol. The molecule has 1 amide bonds. The van der Waals surface area contributed by atoms with Gasteiger partial charge in [-0.05, 0) is 24.6 Å². The summed E-state index contributed by atoms with van der Waals surface area (Å²) in [6, 6.07) is 12.9. The van der Waals surface area contributed by atoms with E-state index in [1.54, 1.807) is 24.4 Å². The molecule has 1 heterocycles. The lowest BCUT2D eigenvalue weighted by Crippen LogP contribution is -2.12. The molecular weight excluding hydrogens is 264 g/mol. The van der Waals surface area contributed by atoms with Gasteiger partial charge in [0.25, 0.3) is 5.91 Å². The van der Waals surface area contributed by atoms with Gasteiger partial charge in [0.15, 0.2) is 0 Å². The molecule has 21 heavy (non-hydrogen) atoms. The molecule has 104 valence electrons. The molecule has 0 saturated carbocycles. The maximum atomic E-state index is 12.4. The smallest absolute Gasteiger partial charge is 0.257 e. The molecule has 0 unspecified atom stereocenters. The Bertz CT molecular complexity index is 834. The zero-order chi connectivity index (χ0) is 14.8. The van der Waals surface area contributed by atoms with Crippen molar-refractivity contribution < 1.29 is 9.59 Å². The first-order chi connectivity index (χ1) is 10.2. The minimum absolute atomic E-state index is 0.196. The Morgan fingerprint density at radius 2 is 1.95 bits per heavy atom. The number of amides is 1. The molecule has 0 bridgehead atoms. The van der Waals surface area contributed by atoms with E-state index in [0.717, 1.165) is 22.8 Å². The van der Waals surface area contributed by atoms with Gasteiger partial charge in [0.1, 0.15) is 6.29 Å². The van der Waals surface area contributed by atoms with Crippen LogP contribution in [0.4, 0.5) is 5.69 Å². The second-order valence-corrected chi connectivity index (χ2v) is 4.84. The third-order valence-corrected chi connectivity index (χ3v) is 3.58. The molecule has 3 rings (SSSR count). The summed E-state index contributed by atoms with van der Waals surface area (Å²) in [5.41, 5.74) is 3.49. The molecule has 2 N–H and O–H groups in total. The lowest BCUT2D eigenvalue weighted by atomic mass is 10.1. The predicted octanol–water partition coefficient (Wildman–Crippen LogP) is 3.54. The number of para-hydroxylation sites is 1. The van der Waals surface area contributed by atoms with Crippen LogP contribution in [0.25, 0.3) is 10.9 Å². The molecule has 4 heteroatoms. The van der Waals surface area contributed by atoms with Gasteiger partial charge in [-0.1, -0.05) is 30.3 Å². The summed E-state index contributed by atoms with van der Waals surface area (Å²) in [4.78, 5) is 26.4. The molecule has 0 aliphatic heterocycles. The monoisotopic (exact) mass is 278 g/mol. The van der Waals surface area contributed by atoms with Crippen molar-refractivity contribution in [1.29, 1.82) is 0 Å². The molecule has 0 aliphatic rings. The van der Waals surface area contributed by atoms with E-state index in [9.17, 15) is 9.59 Å². The molecule has 0 atom stereocenters. The van der Waals surface area contributed by atoms with Gasteiger partial charge in [-0.3, -0.25) is 9.59 Å². The second kappa shape index (κ2) is 5.25. The number of hydrogen-bond acceptors (Lipinski definition) is 2. The van der Waals surface area contributed by atoms with Gasteiger partial charge < -0.3 is 10.3 Å². The van der Waals surface area contributed by atoms with Crippen LogP contribution >= 0.6 is 0 Å². The second-order valence-electron chi connectivity index (χ2n) is 4.84. The van der Waals surface area contributed by atoms with Crippen LogP contribution in [0, 0.1) is 6.92 Å². The number of nitrogens with one attached hydrogen (secondary N) is 2. The number of fused-ring (bicyclic) bond motifs is 1. The lowest BCUT2D eigenvalue weighted by Gasteiger charge is -2.09. The van der Waals surface area contributed by atoms with Gasteiger partial charge in [-0.25, -0.2) is 0 Å². The number of aromatic amines is 1. The summed E-state index contributed by atoms with van der Waals surface area (Å²) in [7, 11) is 0. The van der Waals surface area contributed by atoms with Crippen molar-refractivity contribution in [3.8, 4) is 0 Å². The van der Waals surface area contributed by atoms with Crippen LogP contribution in [0.3, 0.4) is 0 Å². The van der Waals surface area contributed by atoms with E-state index in [0.29, 0.717) is 16.8 Å². The van der Waals surface area contributed by atoms with Crippen molar-refractivity contribution >= 4 is 28.8 Å². The number of rotatable bonds is 3. The summed E-state index contributed by atoms with van der Waals surface area (Å²) in [5.74, 6) is -0.196. The van der Waals surface area contributed by atoms with E-state index in [1.807, 2.05) is 31.2 Å². The highest BCUT2D eigenvalue weighted by Crippen LogP contribution is 2.22. The zero-order valence-electron chi connectivity index (χ0n) is 11.5. The summed E-state index contributed by atoms with van der Waals surface area (Å²) >= 11 is 0. The van der Waals surface area contributed by atoms with Gasteiger partial charge in [0, 0.05) is 28.4 Å². The van der Waals surface area contributed by atoms with Crippen LogP contribution in [0.1, 0.15) is 26.3 Å². The highest BCUT2D eigenvalue weighted by Gasteiger charge is 2.13. The normalized spacial score (nSPS) is 10.5. The third-order valence-electron chi connectivity index (χ3n) is 3.58. The van der Waals surface area contributed by atoms with E-state index in [-0.39, 0.29) is 5.91 Å². The van der Waals surface area contributed by atoms with Crippen LogP contribution in [0.2, 0.25) is 0 Å². The van der Waals surface area contributed by atoms with Crippen molar-refractivity contribution in [2.45, 2.75) is 6.92 Å². The first kappa shape index (κ1) is 13.1. The Morgan fingerprint density at radius 1 is 1.14 bits per heavy atom. The number of aromatic nitrogens is 1. The van der Waals surface area contributed by atoms with E-state index in [2.05, 4.69) is 10.3 Å². The fourth-order valence-corrected chi connectivity index (χ4v) is 2.37. The number of H-pyrrole nitrogens is 1. The zero-order valence-corrected chi connectivity index (χ0v) is 11.5. The number of benzene rings is 2. The molecule has 1 aromatic heterocycles. The molecule has 3 aromatic rings. The third kappa shape index (κ3) is 2.31. The van der Waals surface area contributed by atoms with Gasteiger partial charge in [-0.15, -0.1) is 0 Å². The fraction of sp³-hybridized carbons (Fsp3) is 0.0588. The molecule has 0 fully saturated rings. The number of hydrogen-bond donors (Lipinski definition) is 2. The van der Waals surface area contributed by atoms with Crippen LogP contribution in [0.15, 0.2) is 48.7 Å². The Kier molecular flexibility index (Phi) is 3.28. The van der Waals surface area contributed by atoms with E-state index >= 15 is 0 Å². The maximum absolute atomic E-state index is 12.4. The van der Waals surface area contributed by atoms with Crippen LogP contribution in [-0.2, 0) is 0 Å². The molecule has 0 spiro atoms. The molecule has 4 nitrogen and oxygen atoms in total. The number of carbonyl (C=O) groups excluding carboxylic acids is 2. The summed E-state index contributed by atoms with van der Waals surface area (Å²) in [6.45, 7) is 1.81. The van der Waals surface area contributed by atoms with Crippen LogP contribution in [0.5, 0.6) is 0 Å². The standard InChI is InChI=1S/C17H14N2O2/c1-11-12(10-20)5-4-8-15(11)19-17(21)14-9-18-16-7-3-2-6-13(14)16/h2-10,18H,1H3,(H,19,21). The molecule has 0 aliphatic carbocycles. The van der Waals surface area contributed by atoms with Gasteiger partial charge in [0.2, 0.25) is 0 Å². The largest absolute Gasteiger partial charge is 0.360 e. The summed E-state index contributed by atoms with van der Waals surface area (Å²) < 4.78 is 0.